The van der Waals surface area contributed by atoms with Gasteiger partial charge in [-0.25, -0.2) is 4.68 Å². The van der Waals surface area contributed by atoms with Crippen molar-refractivity contribution in [3.05, 3.63) is 33.5 Å². The zero-order valence-electron chi connectivity index (χ0n) is 13.7. The number of nitrogens with one attached hydrogen (secondary N) is 1. The smallest absolute Gasteiger partial charge is 0.234 e. The SMILES string of the molecule is CN(CC(=O)NC1CC1)Cn1nc(-c2cccc(Br)c2)n(C)c1=S. The third-order valence-electron chi connectivity index (χ3n) is 3.86. The van der Waals surface area contributed by atoms with Gasteiger partial charge in [-0.15, -0.1) is 0 Å². The molecule has 1 heterocycles. The number of aromatic nitrogens is 3. The maximum atomic E-state index is 11.9. The number of nitrogens with zero attached hydrogens (tertiary/aromatic N) is 4. The first-order chi connectivity index (χ1) is 11.4. The van der Waals surface area contributed by atoms with Crippen LogP contribution in [0.1, 0.15) is 12.8 Å². The first kappa shape index (κ1) is 17.3. The Morgan fingerprint density at radius 3 is 2.92 bits per heavy atom. The lowest BCUT2D eigenvalue weighted by Gasteiger charge is -2.15. The lowest BCUT2D eigenvalue weighted by Crippen LogP contribution is -2.37. The van der Waals surface area contributed by atoms with E-state index in [9.17, 15) is 4.79 Å². The highest BCUT2D eigenvalue weighted by molar-refractivity contribution is 9.10. The molecule has 2 aromatic rings. The van der Waals surface area contributed by atoms with E-state index in [4.69, 9.17) is 12.2 Å². The van der Waals surface area contributed by atoms with Crippen LogP contribution in [-0.2, 0) is 18.5 Å². The molecule has 0 radical (unpaired) electrons. The monoisotopic (exact) mass is 409 g/mol. The molecule has 1 aromatic heterocycles. The Bertz CT molecular complexity index is 811. The Hall–Kier alpha value is -1.51. The summed E-state index contributed by atoms with van der Waals surface area (Å²) in [6.45, 7) is 0.805. The van der Waals surface area contributed by atoms with Gasteiger partial charge in [0.15, 0.2) is 10.6 Å². The van der Waals surface area contributed by atoms with Crippen molar-refractivity contribution in [3.63, 3.8) is 0 Å². The van der Waals surface area contributed by atoms with Gasteiger partial charge in [-0.1, -0.05) is 28.1 Å². The van der Waals surface area contributed by atoms with Crippen LogP contribution in [0.2, 0.25) is 0 Å². The topological polar surface area (TPSA) is 55.1 Å². The van der Waals surface area contributed by atoms with Crippen molar-refractivity contribution < 1.29 is 4.79 Å². The molecule has 0 saturated heterocycles. The zero-order valence-corrected chi connectivity index (χ0v) is 16.1. The number of rotatable bonds is 6. The van der Waals surface area contributed by atoms with Crippen molar-refractivity contribution in [1.82, 2.24) is 24.6 Å². The average Bonchev–Trinajstić information content (AvgIpc) is 3.28. The number of hydrogen-bond acceptors (Lipinski definition) is 4. The second-order valence-electron chi connectivity index (χ2n) is 6.17. The van der Waals surface area contributed by atoms with Gasteiger partial charge in [-0.2, -0.15) is 5.10 Å². The first-order valence-electron chi connectivity index (χ1n) is 7.81. The van der Waals surface area contributed by atoms with Crippen molar-refractivity contribution in [2.24, 2.45) is 7.05 Å². The van der Waals surface area contributed by atoms with Crippen molar-refractivity contribution >= 4 is 34.1 Å². The fraction of sp³-hybridized carbons (Fsp3) is 0.438. The van der Waals surface area contributed by atoms with Gasteiger partial charge in [0.1, 0.15) is 0 Å². The van der Waals surface area contributed by atoms with E-state index in [0.717, 1.165) is 28.7 Å². The minimum absolute atomic E-state index is 0.0506. The van der Waals surface area contributed by atoms with Gasteiger partial charge in [0, 0.05) is 23.1 Å². The molecule has 1 aliphatic carbocycles. The number of carbonyl (C=O) groups excluding carboxylic acids is 1. The molecule has 0 unspecified atom stereocenters. The number of halogens is 1. The average molecular weight is 410 g/mol. The highest BCUT2D eigenvalue weighted by Gasteiger charge is 2.23. The van der Waals surface area contributed by atoms with Crippen molar-refractivity contribution in [2.45, 2.75) is 25.6 Å². The number of amides is 1. The molecule has 1 amide bonds. The molecule has 0 bridgehead atoms. The lowest BCUT2D eigenvalue weighted by molar-refractivity contribution is -0.122. The molecule has 6 nitrogen and oxygen atoms in total. The number of likely N-dealkylation sites (N-methyl/N-ethyl adjacent to an activating group) is 1. The van der Waals surface area contributed by atoms with Gasteiger partial charge >= 0.3 is 0 Å². The van der Waals surface area contributed by atoms with Crippen LogP contribution in [0.15, 0.2) is 28.7 Å². The van der Waals surface area contributed by atoms with E-state index in [0.29, 0.717) is 24.0 Å². The quantitative estimate of drug-likeness (QED) is 0.744. The second-order valence-corrected chi connectivity index (χ2v) is 7.45. The van der Waals surface area contributed by atoms with E-state index in [-0.39, 0.29) is 5.91 Å². The number of carbonyl (C=O) groups is 1. The Morgan fingerprint density at radius 2 is 2.25 bits per heavy atom. The maximum Gasteiger partial charge on any atom is 0.234 e. The van der Waals surface area contributed by atoms with Gasteiger partial charge in [0.25, 0.3) is 0 Å². The summed E-state index contributed by atoms with van der Waals surface area (Å²) in [5.41, 5.74) is 0.992. The van der Waals surface area contributed by atoms with Gasteiger partial charge in [-0.05, 0) is 44.2 Å². The number of benzene rings is 1. The summed E-state index contributed by atoms with van der Waals surface area (Å²) in [5.74, 6) is 0.854. The highest BCUT2D eigenvalue weighted by atomic mass is 79.9. The molecule has 1 N–H and O–H groups in total. The minimum Gasteiger partial charge on any atom is -0.352 e. The Kier molecular flexibility index (Phi) is 5.17. The lowest BCUT2D eigenvalue weighted by atomic mass is 10.2. The molecule has 1 aromatic carbocycles. The van der Waals surface area contributed by atoms with Crippen LogP contribution in [-0.4, -0.2) is 44.8 Å². The molecule has 0 atom stereocenters. The summed E-state index contributed by atoms with van der Waals surface area (Å²) in [5, 5.41) is 7.61. The Labute approximate surface area is 154 Å². The van der Waals surface area contributed by atoms with Crippen LogP contribution in [0.25, 0.3) is 11.4 Å². The molecule has 8 heteroatoms. The van der Waals surface area contributed by atoms with E-state index in [1.807, 2.05) is 47.8 Å². The van der Waals surface area contributed by atoms with Crippen LogP contribution in [0, 0.1) is 4.77 Å². The summed E-state index contributed by atoms with van der Waals surface area (Å²) < 4.78 is 5.25. The molecule has 24 heavy (non-hydrogen) atoms. The summed E-state index contributed by atoms with van der Waals surface area (Å²) in [7, 11) is 3.80. The van der Waals surface area contributed by atoms with E-state index >= 15 is 0 Å². The predicted octanol–water partition coefficient (Wildman–Crippen LogP) is 2.55. The molecule has 1 fully saturated rings. The minimum atomic E-state index is 0.0506. The van der Waals surface area contributed by atoms with Crippen molar-refractivity contribution in [2.75, 3.05) is 13.6 Å². The third-order valence-corrected chi connectivity index (χ3v) is 4.83. The molecule has 0 spiro atoms. The zero-order chi connectivity index (χ0) is 17.3. The number of hydrogen-bond donors (Lipinski definition) is 1. The maximum absolute atomic E-state index is 11.9. The summed E-state index contributed by atoms with van der Waals surface area (Å²) in [6, 6.07) is 8.33. The molecular weight excluding hydrogens is 390 g/mol. The summed E-state index contributed by atoms with van der Waals surface area (Å²) in [6.07, 6.45) is 2.19. The second kappa shape index (κ2) is 7.16. The standard InChI is InChI=1S/C16H20BrN5OS/c1-20(9-14(23)18-13-6-7-13)10-22-16(24)21(2)15(19-22)11-4-3-5-12(17)8-11/h3-5,8,13H,6-7,9-10H2,1-2H3,(H,18,23). The summed E-state index contributed by atoms with van der Waals surface area (Å²) >= 11 is 8.96. The Morgan fingerprint density at radius 1 is 1.50 bits per heavy atom. The van der Waals surface area contributed by atoms with E-state index in [1.54, 1.807) is 4.68 Å². The fourth-order valence-corrected chi connectivity index (χ4v) is 3.07. The van der Waals surface area contributed by atoms with Gasteiger partial charge in [-0.3, -0.25) is 9.69 Å². The van der Waals surface area contributed by atoms with E-state index in [1.165, 1.54) is 0 Å². The summed E-state index contributed by atoms with van der Waals surface area (Å²) in [4.78, 5) is 13.8. The van der Waals surface area contributed by atoms with Crippen molar-refractivity contribution in [3.8, 4) is 11.4 Å². The van der Waals surface area contributed by atoms with Crippen LogP contribution in [0.5, 0.6) is 0 Å². The Balaban J connectivity index is 1.73. The predicted molar refractivity (Wildman–Crippen MR) is 99.0 cm³/mol. The van der Waals surface area contributed by atoms with E-state index in [2.05, 4.69) is 26.3 Å². The molecule has 128 valence electrons. The molecule has 1 aliphatic rings. The largest absolute Gasteiger partial charge is 0.352 e. The highest BCUT2D eigenvalue weighted by Crippen LogP contribution is 2.21. The first-order valence-corrected chi connectivity index (χ1v) is 9.02. The van der Waals surface area contributed by atoms with Crippen LogP contribution < -0.4 is 5.32 Å². The van der Waals surface area contributed by atoms with Crippen LogP contribution in [0.4, 0.5) is 0 Å². The van der Waals surface area contributed by atoms with Crippen LogP contribution in [0.3, 0.4) is 0 Å². The van der Waals surface area contributed by atoms with Crippen molar-refractivity contribution in [1.29, 1.82) is 0 Å². The van der Waals surface area contributed by atoms with Gasteiger partial charge < -0.3 is 9.88 Å². The molecule has 1 saturated carbocycles. The van der Waals surface area contributed by atoms with Gasteiger partial charge in [0.2, 0.25) is 5.91 Å². The third kappa shape index (κ3) is 4.12. The molecule has 3 rings (SSSR count). The normalized spacial score (nSPS) is 14.2. The fourth-order valence-electron chi connectivity index (χ4n) is 2.48. The molecule has 0 aliphatic heterocycles. The molecular formula is C16H20BrN5OS. The van der Waals surface area contributed by atoms with E-state index < -0.39 is 0 Å². The van der Waals surface area contributed by atoms with Gasteiger partial charge in [0.05, 0.1) is 13.2 Å². The van der Waals surface area contributed by atoms with Crippen LogP contribution >= 0.6 is 28.1 Å².